The first-order valence-electron chi connectivity index (χ1n) is 3.66. The number of nitrogens with zero attached hydrogens (tertiary/aromatic N) is 1. The van der Waals surface area contributed by atoms with Gasteiger partial charge in [0.2, 0.25) is 0 Å². The number of nitriles is 1. The van der Waals surface area contributed by atoms with E-state index < -0.39 is 0 Å². The van der Waals surface area contributed by atoms with E-state index in [0.717, 1.165) is 21.7 Å². The molecule has 0 spiro atoms. The Morgan fingerprint density at radius 2 is 2.42 bits per heavy atom. The molecular formula is C9H10N2S. The maximum absolute atomic E-state index is 8.57. The van der Waals surface area contributed by atoms with E-state index in [4.69, 9.17) is 11.0 Å². The van der Waals surface area contributed by atoms with Crippen LogP contribution in [0.1, 0.15) is 16.2 Å². The molecule has 1 rings (SSSR count). The predicted octanol–water partition coefficient (Wildman–Crippen LogP) is 1.98. The Hall–Kier alpha value is -1.11. The van der Waals surface area contributed by atoms with Gasteiger partial charge in [0.05, 0.1) is 0 Å². The molecule has 1 aromatic heterocycles. The third-order valence-electron chi connectivity index (χ3n) is 1.51. The van der Waals surface area contributed by atoms with Crippen LogP contribution in [0.3, 0.4) is 0 Å². The lowest BCUT2D eigenvalue weighted by Crippen LogP contribution is -1.98. The first-order valence-corrected chi connectivity index (χ1v) is 4.47. The number of hydrogen-bond acceptors (Lipinski definition) is 3. The molecule has 0 bridgehead atoms. The van der Waals surface area contributed by atoms with E-state index in [0.29, 0.717) is 6.54 Å². The molecule has 0 saturated carbocycles. The van der Waals surface area contributed by atoms with Gasteiger partial charge in [-0.25, -0.2) is 0 Å². The molecule has 12 heavy (non-hydrogen) atoms. The van der Waals surface area contributed by atoms with Gasteiger partial charge in [0.15, 0.2) is 0 Å². The van der Waals surface area contributed by atoms with Crippen molar-refractivity contribution in [2.45, 2.75) is 6.42 Å². The highest BCUT2D eigenvalue weighted by Crippen LogP contribution is 2.24. The van der Waals surface area contributed by atoms with Gasteiger partial charge in [-0.15, -0.1) is 11.3 Å². The molecule has 0 aliphatic carbocycles. The normalized spacial score (nSPS) is 9.33. The van der Waals surface area contributed by atoms with Crippen LogP contribution < -0.4 is 5.73 Å². The number of nitrogens with two attached hydrogens (primary N) is 1. The van der Waals surface area contributed by atoms with Gasteiger partial charge in [-0.1, -0.05) is 6.58 Å². The molecule has 0 saturated heterocycles. The zero-order valence-electron chi connectivity index (χ0n) is 6.71. The summed E-state index contributed by atoms with van der Waals surface area (Å²) < 4.78 is 0. The van der Waals surface area contributed by atoms with Crippen LogP contribution in [0.4, 0.5) is 0 Å². The van der Waals surface area contributed by atoms with E-state index in [2.05, 4.69) is 12.6 Å². The Kier molecular flexibility index (Phi) is 3.03. The van der Waals surface area contributed by atoms with Crippen molar-refractivity contribution in [3.8, 4) is 6.07 Å². The lowest BCUT2D eigenvalue weighted by atomic mass is 10.2. The van der Waals surface area contributed by atoms with Gasteiger partial charge in [0.25, 0.3) is 0 Å². The average Bonchev–Trinajstić information content (AvgIpc) is 2.52. The standard InChI is InChI=1S/C9H10N2S/c1-7(4-5-10)9-3-2-8(6-11)12-9/h2-3H,1,4-5,10H2. The van der Waals surface area contributed by atoms with Crippen molar-refractivity contribution in [3.05, 3.63) is 28.5 Å². The Bertz CT molecular complexity index is 320. The maximum atomic E-state index is 8.57. The van der Waals surface area contributed by atoms with E-state index in [1.54, 1.807) is 0 Å². The summed E-state index contributed by atoms with van der Waals surface area (Å²) in [6.45, 7) is 4.49. The number of thiophene rings is 1. The molecule has 0 aliphatic rings. The zero-order valence-corrected chi connectivity index (χ0v) is 7.53. The van der Waals surface area contributed by atoms with Crippen molar-refractivity contribution >= 4 is 16.9 Å². The van der Waals surface area contributed by atoms with Gasteiger partial charge in [-0.3, -0.25) is 0 Å². The highest BCUT2D eigenvalue weighted by Gasteiger charge is 2.01. The summed E-state index contributed by atoms with van der Waals surface area (Å²) in [6.07, 6.45) is 0.797. The number of hydrogen-bond donors (Lipinski definition) is 1. The van der Waals surface area contributed by atoms with Crippen molar-refractivity contribution in [2.75, 3.05) is 6.54 Å². The van der Waals surface area contributed by atoms with E-state index in [-0.39, 0.29) is 0 Å². The van der Waals surface area contributed by atoms with Crippen LogP contribution in [-0.4, -0.2) is 6.54 Å². The number of rotatable bonds is 3. The van der Waals surface area contributed by atoms with E-state index >= 15 is 0 Å². The lowest BCUT2D eigenvalue weighted by Gasteiger charge is -1.97. The van der Waals surface area contributed by atoms with Crippen molar-refractivity contribution < 1.29 is 0 Å². The molecule has 0 atom stereocenters. The maximum Gasteiger partial charge on any atom is 0.110 e. The molecule has 2 nitrogen and oxygen atoms in total. The SMILES string of the molecule is C=C(CCN)c1ccc(C#N)s1. The zero-order chi connectivity index (χ0) is 8.97. The van der Waals surface area contributed by atoms with Gasteiger partial charge < -0.3 is 5.73 Å². The summed E-state index contributed by atoms with van der Waals surface area (Å²) in [5.41, 5.74) is 6.40. The van der Waals surface area contributed by atoms with Gasteiger partial charge in [0, 0.05) is 4.88 Å². The molecule has 0 radical (unpaired) electrons. The third kappa shape index (κ3) is 1.94. The fourth-order valence-corrected chi connectivity index (χ4v) is 1.69. The monoisotopic (exact) mass is 178 g/mol. The van der Waals surface area contributed by atoms with Crippen LogP contribution in [-0.2, 0) is 0 Å². The summed E-state index contributed by atoms with van der Waals surface area (Å²) in [6, 6.07) is 5.82. The smallest absolute Gasteiger partial charge is 0.110 e. The van der Waals surface area contributed by atoms with Crippen LogP contribution in [0.5, 0.6) is 0 Å². The topological polar surface area (TPSA) is 49.8 Å². The third-order valence-corrected chi connectivity index (χ3v) is 2.60. The quantitative estimate of drug-likeness (QED) is 0.769. The summed E-state index contributed by atoms with van der Waals surface area (Å²) >= 11 is 1.46. The molecule has 0 fully saturated rings. The molecular weight excluding hydrogens is 168 g/mol. The van der Waals surface area contributed by atoms with Gasteiger partial charge in [0.1, 0.15) is 10.9 Å². The Morgan fingerprint density at radius 3 is 2.92 bits per heavy atom. The van der Waals surface area contributed by atoms with Gasteiger partial charge in [-0.2, -0.15) is 5.26 Å². The van der Waals surface area contributed by atoms with Crippen LogP contribution >= 0.6 is 11.3 Å². The van der Waals surface area contributed by atoms with Crippen molar-refractivity contribution in [1.29, 1.82) is 5.26 Å². The largest absolute Gasteiger partial charge is 0.330 e. The molecule has 0 aliphatic heterocycles. The minimum atomic E-state index is 0.610. The van der Waals surface area contributed by atoms with E-state index in [1.165, 1.54) is 11.3 Å². The molecule has 0 amide bonds. The van der Waals surface area contributed by atoms with Crippen molar-refractivity contribution in [1.82, 2.24) is 0 Å². The lowest BCUT2D eigenvalue weighted by molar-refractivity contribution is 1.03. The van der Waals surface area contributed by atoms with Gasteiger partial charge in [-0.05, 0) is 30.7 Å². The highest BCUT2D eigenvalue weighted by molar-refractivity contribution is 7.13. The molecule has 1 aromatic rings. The first kappa shape index (κ1) is 8.98. The van der Waals surface area contributed by atoms with Crippen LogP contribution in [0.25, 0.3) is 5.57 Å². The molecule has 0 aromatic carbocycles. The molecule has 1 heterocycles. The predicted molar refractivity (Wildman–Crippen MR) is 51.7 cm³/mol. The molecule has 2 N–H and O–H groups in total. The fourth-order valence-electron chi connectivity index (χ4n) is 0.885. The van der Waals surface area contributed by atoms with Gasteiger partial charge >= 0.3 is 0 Å². The molecule has 3 heteroatoms. The van der Waals surface area contributed by atoms with Crippen LogP contribution in [0.15, 0.2) is 18.7 Å². The minimum Gasteiger partial charge on any atom is -0.330 e. The second kappa shape index (κ2) is 4.05. The summed E-state index contributed by atoms with van der Waals surface area (Å²) in [7, 11) is 0. The highest BCUT2D eigenvalue weighted by atomic mass is 32.1. The Morgan fingerprint density at radius 1 is 1.67 bits per heavy atom. The van der Waals surface area contributed by atoms with Crippen LogP contribution in [0, 0.1) is 11.3 Å². The Labute approximate surface area is 75.9 Å². The van der Waals surface area contributed by atoms with Crippen molar-refractivity contribution in [2.24, 2.45) is 5.73 Å². The second-order valence-corrected chi connectivity index (χ2v) is 3.50. The van der Waals surface area contributed by atoms with E-state index in [9.17, 15) is 0 Å². The average molecular weight is 178 g/mol. The molecule has 0 unspecified atom stereocenters. The summed E-state index contributed by atoms with van der Waals surface area (Å²) in [4.78, 5) is 1.79. The molecule has 62 valence electrons. The minimum absolute atomic E-state index is 0.610. The van der Waals surface area contributed by atoms with Crippen LogP contribution in [0.2, 0.25) is 0 Å². The first-order chi connectivity index (χ1) is 5.77. The summed E-state index contributed by atoms with van der Waals surface area (Å²) in [5, 5.41) is 8.57. The summed E-state index contributed by atoms with van der Waals surface area (Å²) in [5.74, 6) is 0. The van der Waals surface area contributed by atoms with Crippen molar-refractivity contribution in [3.63, 3.8) is 0 Å². The Balaban J connectivity index is 2.76. The van der Waals surface area contributed by atoms with E-state index in [1.807, 2.05) is 12.1 Å². The second-order valence-electron chi connectivity index (χ2n) is 2.42. The fraction of sp³-hybridized carbons (Fsp3) is 0.222.